The first-order valence-electron chi connectivity index (χ1n) is 9.17. The molecule has 24 heavy (non-hydrogen) atoms. The van der Waals surface area contributed by atoms with Gasteiger partial charge in [-0.05, 0) is 62.0 Å². The van der Waals surface area contributed by atoms with E-state index < -0.39 is 0 Å². The molecule has 126 valence electrons. The molecule has 0 radical (unpaired) electrons. The van der Waals surface area contributed by atoms with Gasteiger partial charge < -0.3 is 4.98 Å². The molecule has 2 aromatic heterocycles. The highest BCUT2D eigenvalue weighted by molar-refractivity contribution is 5.93. The summed E-state index contributed by atoms with van der Waals surface area (Å²) in [6.45, 7) is 6.93. The van der Waals surface area contributed by atoms with E-state index in [-0.39, 0.29) is 0 Å². The Kier molecular flexibility index (Phi) is 4.15. The van der Waals surface area contributed by atoms with E-state index in [4.69, 9.17) is 0 Å². The number of aromatic nitrogens is 3. The molecule has 0 bridgehead atoms. The molecule has 1 aliphatic rings. The smallest absolute Gasteiger partial charge is 0.0923 e. The molecule has 0 fully saturated rings. The third kappa shape index (κ3) is 2.55. The van der Waals surface area contributed by atoms with Crippen LogP contribution in [-0.4, -0.2) is 39.2 Å². The minimum absolute atomic E-state index is 0.594. The molecule has 0 saturated heterocycles. The number of nitrogens with zero attached hydrogens (tertiary/aromatic N) is 2. The van der Waals surface area contributed by atoms with Gasteiger partial charge in [0, 0.05) is 34.9 Å². The van der Waals surface area contributed by atoms with Crippen molar-refractivity contribution in [3.8, 4) is 11.3 Å². The first-order valence-corrected chi connectivity index (χ1v) is 9.17. The van der Waals surface area contributed by atoms with Gasteiger partial charge in [0.1, 0.15) is 0 Å². The zero-order valence-electron chi connectivity index (χ0n) is 14.6. The van der Waals surface area contributed by atoms with Crippen LogP contribution in [0.5, 0.6) is 0 Å². The normalized spacial score (nSPS) is 17.0. The minimum Gasteiger partial charge on any atom is -0.361 e. The quantitative estimate of drug-likeness (QED) is 0.716. The molecule has 4 nitrogen and oxygen atoms in total. The SMILES string of the molecule is CCCN(CCC)C1Cc2c[nH]c3ccc(-c4cc[nH]n4)c(c23)C1. The van der Waals surface area contributed by atoms with Crippen LogP contribution in [0, 0.1) is 0 Å². The van der Waals surface area contributed by atoms with Gasteiger partial charge in [0.05, 0.1) is 5.69 Å². The average molecular weight is 322 g/mol. The summed E-state index contributed by atoms with van der Waals surface area (Å²) < 4.78 is 0. The second kappa shape index (κ2) is 6.44. The van der Waals surface area contributed by atoms with E-state index in [1.165, 1.54) is 53.5 Å². The highest BCUT2D eigenvalue weighted by atomic mass is 15.1. The van der Waals surface area contributed by atoms with Crippen molar-refractivity contribution in [1.82, 2.24) is 20.1 Å². The predicted molar refractivity (Wildman–Crippen MR) is 99.2 cm³/mol. The molecule has 2 heterocycles. The van der Waals surface area contributed by atoms with E-state index in [1.807, 2.05) is 6.20 Å². The third-order valence-corrected chi connectivity index (χ3v) is 5.25. The fraction of sp³-hybridized carbons (Fsp3) is 0.450. The molecule has 0 aliphatic heterocycles. The Morgan fingerprint density at radius 2 is 1.96 bits per heavy atom. The van der Waals surface area contributed by atoms with Crippen molar-refractivity contribution < 1.29 is 0 Å². The van der Waals surface area contributed by atoms with Crippen molar-refractivity contribution in [1.29, 1.82) is 0 Å². The Bertz CT molecular complexity index is 810. The van der Waals surface area contributed by atoms with E-state index in [2.05, 4.69) is 58.3 Å². The fourth-order valence-corrected chi connectivity index (χ4v) is 4.27. The Balaban J connectivity index is 1.78. The molecular formula is C20H26N4. The van der Waals surface area contributed by atoms with Crippen LogP contribution in [0.15, 0.2) is 30.6 Å². The molecule has 3 aromatic rings. The highest BCUT2D eigenvalue weighted by Gasteiger charge is 2.28. The van der Waals surface area contributed by atoms with Gasteiger partial charge in [0.2, 0.25) is 0 Å². The first kappa shape index (κ1) is 15.5. The second-order valence-electron chi connectivity index (χ2n) is 6.89. The summed E-state index contributed by atoms with van der Waals surface area (Å²) in [6, 6.07) is 7.09. The minimum atomic E-state index is 0.594. The Morgan fingerprint density at radius 1 is 1.12 bits per heavy atom. The summed E-state index contributed by atoms with van der Waals surface area (Å²) in [5.41, 5.74) is 6.52. The van der Waals surface area contributed by atoms with Crippen molar-refractivity contribution in [2.45, 2.75) is 45.6 Å². The third-order valence-electron chi connectivity index (χ3n) is 5.25. The van der Waals surface area contributed by atoms with Gasteiger partial charge >= 0.3 is 0 Å². The van der Waals surface area contributed by atoms with E-state index in [0.717, 1.165) is 18.5 Å². The van der Waals surface area contributed by atoms with Crippen LogP contribution in [0.3, 0.4) is 0 Å². The zero-order valence-corrected chi connectivity index (χ0v) is 14.6. The monoisotopic (exact) mass is 322 g/mol. The number of H-pyrrole nitrogens is 2. The maximum absolute atomic E-state index is 4.43. The summed E-state index contributed by atoms with van der Waals surface area (Å²) in [4.78, 5) is 6.15. The second-order valence-corrected chi connectivity index (χ2v) is 6.89. The van der Waals surface area contributed by atoms with Crippen molar-refractivity contribution in [3.63, 3.8) is 0 Å². The van der Waals surface area contributed by atoms with E-state index >= 15 is 0 Å². The average Bonchev–Trinajstić information content (AvgIpc) is 3.26. The fourth-order valence-electron chi connectivity index (χ4n) is 4.27. The van der Waals surface area contributed by atoms with Gasteiger partial charge in [0.25, 0.3) is 0 Å². The summed E-state index contributed by atoms with van der Waals surface area (Å²) >= 11 is 0. The topological polar surface area (TPSA) is 47.7 Å². The van der Waals surface area contributed by atoms with Crippen LogP contribution in [0.4, 0.5) is 0 Å². The number of rotatable bonds is 6. The van der Waals surface area contributed by atoms with Gasteiger partial charge in [-0.25, -0.2) is 0 Å². The lowest BCUT2D eigenvalue weighted by Crippen LogP contribution is -2.41. The summed E-state index contributed by atoms with van der Waals surface area (Å²) in [5, 5.41) is 8.82. The maximum Gasteiger partial charge on any atom is 0.0923 e. The van der Waals surface area contributed by atoms with Gasteiger partial charge in [-0.15, -0.1) is 0 Å². The largest absolute Gasteiger partial charge is 0.361 e. The molecule has 1 aliphatic carbocycles. The lowest BCUT2D eigenvalue weighted by molar-refractivity contribution is 0.192. The molecule has 0 spiro atoms. The lowest BCUT2D eigenvalue weighted by Gasteiger charge is -2.34. The van der Waals surface area contributed by atoms with E-state index in [1.54, 1.807) is 0 Å². The number of benzene rings is 1. The van der Waals surface area contributed by atoms with Gasteiger partial charge in [-0.1, -0.05) is 19.9 Å². The van der Waals surface area contributed by atoms with E-state index in [0.29, 0.717) is 6.04 Å². The molecule has 0 amide bonds. The number of hydrogen-bond donors (Lipinski definition) is 2. The van der Waals surface area contributed by atoms with Crippen LogP contribution in [0.1, 0.15) is 37.8 Å². The summed E-state index contributed by atoms with van der Waals surface area (Å²) in [7, 11) is 0. The van der Waals surface area contributed by atoms with Crippen molar-refractivity contribution in [3.05, 3.63) is 41.7 Å². The molecule has 2 N–H and O–H groups in total. The van der Waals surface area contributed by atoms with Crippen LogP contribution in [0.2, 0.25) is 0 Å². The molecule has 1 aromatic carbocycles. The van der Waals surface area contributed by atoms with Crippen LogP contribution < -0.4 is 0 Å². The summed E-state index contributed by atoms with van der Waals surface area (Å²) in [6.07, 6.45) is 8.82. The molecule has 4 rings (SSSR count). The zero-order chi connectivity index (χ0) is 16.5. The highest BCUT2D eigenvalue weighted by Crippen LogP contribution is 2.37. The Morgan fingerprint density at radius 3 is 2.67 bits per heavy atom. The van der Waals surface area contributed by atoms with Crippen LogP contribution >= 0.6 is 0 Å². The lowest BCUT2D eigenvalue weighted by atomic mass is 9.84. The van der Waals surface area contributed by atoms with Crippen molar-refractivity contribution in [2.75, 3.05) is 13.1 Å². The first-order chi connectivity index (χ1) is 11.8. The number of nitrogens with one attached hydrogen (secondary N) is 2. The standard InChI is InChI=1S/C20H26N4/c1-3-9-24(10-4-2)15-11-14-13-21-19-6-5-16(17(12-15)20(14)19)18-7-8-22-23-18/h5-8,13,15,21H,3-4,9-12H2,1-2H3,(H,22,23). The number of hydrogen-bond acceptors (Lipinski definition) is 2. The van der Waals surface area contributed by atoms with Crippen molar-refractivity contribution >= 4 is 10.9 Å². The van der Waals surface area contributed by atoms with Crippen LogP contribution in [-0.2, 0) is 12.8 Å². The van der Waals surface area contributed by atoms with Gasteiger partial charge in [-0.2, -0.15) is 5.10 Å². The number of aromatic amines is 2. The van der Waals surface area contributed by atoms with Gasteiger partial charge in [-0.3, -0.25) is 10.00 Å². The predicted octanol–water partition coefficient (Wildman–Crippen LogP) is 4.15. The van der Waals surface area contributed by atoms with Crippen molar-refractivity contribution in [2.24, 2.45) is 0 Å². The molecule has 4 heteroatoms. The summed E-state index contributed by atoms with van der Waals surface area (Å²) in [5.74, 6) is 0. The Hall–Kier alpha value is -2.07. The molecular weight excluding hydrogens is 296 g/mol. The Labute approximate surface area is 143 Å². The molecule has 1 unspecified atom stereocenters. The molecule has 0 saturated carbocycles. The van der Waals surface area contributed by atoms with E-state index in [9.17, 15) is 0 Å². The molecule has 1 atom stereocenters. The van der Waals surface area contributed by atoms with Gasteiger partial charge in [0.15, 0.2) is 0 Å². The maximum atomic E-state index is 4.43. The van der Waals surface area contributed by atoms with Crippen LogP contribution in [0.25, 0.3) is 22.2 Å².